The van der Waals surface area contributed by atoms with Crippen LogP contribution in [-0.2, 0) is 11.2 Å². The van der Waals surface area contributed by atoms with E-state index < -0.39 is 18.0 Å². The highest BCUT2D eigenvalue weighted by molar-refractivity contribution is 9.10. The molecule has 4 rings (SSSR count). The van der Waals surface area contributed by atoms with Crippen LogP contribution in [0.5, 0.6) is 0 Å². The molecule has 10 heteroatoms. The molecule has 0 aliphatic carbocycles. The molecule has 0 spiro atoms. The zero-order valence-corrected chi connectivity index (χ0v) is 20.8. The van der Waals surface area contributed by atoms with Crippen molar-refractivity contribution in [3.8, 4) is 10.6 Å². The quantitative estimate of drug-likeness (QED) is 0.260. The van der Waals surface area contributed by atoms with Gasteiger partial charge >= 0.3 is 6.03 Å². The molecule has 7 nitrogen and oxygen atoms in total. The molecule has 0 aliphatic heterocycles. The van der Waals surface area contributed by atoms with Gasteiger partial charge in [0.25, 0.3) is 0 Å². The summed E-state index contributed by atoms with van der Waals surface area (Å²) < 4.78 is 0.898. The molecule has 34 heavy (non-hydrogen) atoms. The Labute approximate surface area is 213 Å². The molecule has 3 aromatic carbocycles. The lowest BCUT2D eigenvalue weighted by Crippen LogP contribution is -2.46. The van der Waals surface area contributed by atoms with E-state index in [-0.39, 0.29) is 0 Å². The van der Waals surface area contributed by atoms with Gasteiger partial charge in [0.05, 0.1) is 0 Å². The van der Waals surface area contributed by atoms with Crippen LogP contribution in [-0.4, -0.2) is 28.2 Å². The molecule has 172 valence electrons. The summed E-state index contributed by atoms with van der Waals surface area (Å²) in [6, 6.07) is 22.5. The summed E-state index contributed by atoms with van der Waals surface area (Å²) in [5, 5.41) is 18.1. The van der Waals surface area contributed by atoms with Crippen LogP contribution in [0, 0.1) is 0 Å². The maximum absolute atomic E-state index is 13.1. The molecule has 4 aromatic rings. The number of urea groups is 1. The Morgan fingerprint density at radius 3 is 2.32 bits per heavy atom. The van der Waals surface area contributed by atoms with E-state index in [1.165, 1.54) is 11.3 Å². The number of aromatic nitrogens is 2. The van der Waals surface area contributed by atoms with Gasteiger partial charge in [0.2, 0.25) is 11.0 Å². The number of anilines is 2. The Balaban J connectivity index is 1.46. The summed E-state index contributed by atoms with van der Waals surface area (Å²) in [7, 11) is 0. The molecule has 1 heterocycles. The van der Waals surface area contributed by atoms with Gasteiger partial charge in [-0.25, -0.2) is 4.79 Å². The van der Waals surface area contributed by atoms with Gasteiger partial charge < -0.3 is 10.6 Å². The van der Waals surface area contributed by atoms with E-state index >= 15 is 0 Å². The van der Waals surface area contributed by atoms with Crippen molar-refractivity contribution in [2.75, 3.05) is 10.6 Å². The van der Waals surface area contributed by atoms with Crippen molar-refractivity contribution in [1.82, 2.24) is 15.5 Å². The van der Waals surface area contributed by atoms with Gasteiger partial charge in [-0.05, 0) is 42.0 Å². The minimum atomic E-state index is -0.833. The zero-order valence-electron chi connectivity index (χ0n) is 17.7. The molecule has 0 fully saturated rings. The van der Waals surface area contributed by atoms with Crippen LogP contribution in [0.2, 0.25) is 5.02 Å². The second kappa shape index (κ2) is 11.2. The monoisotopic (exact) mass is 555 g/mol. The summed E-state index contributed by atoms with van der Waals surface area (Å²) in [5.41, 5.74) is 2.36. The zero-order chi connectivity index (χ0) is 23.9. The number of hydrogen-bond acceptors (Lipinski definition) is 5. The Morgan fingerprint density at radius 2 is 1.62 bits per heavy atom. The molecule has 0 radical (unpaired) electrons. The van der Waals surface area contributed by atoms with Crippen LogP contribution in [0.3, 0.4) is 0 Å². The summed E-state index contributed by atoms with van der Waals surface area (Å²) in [6.45, 7) is 0. The lowest BCUT2D eigenvalue weighted by Gasteiger charge is -2.18. The fraction of sp³-hybridized carbons (Fsp3) is 0.0833. The lowest BCUT2D eigenvalue weighted by molar-refractivity contribution is -0.117. The topological polar surface area (TPSA) is 96.0 Å². The number of nitrogens with zero attached hydrogens (tertiary/aromatic N) is 2. The first-order chi connectivity index (χ1) is 16.5. The Morgan fingerprint density at radius 1 is 0.912 bits per heavy atom. The number of amides is 3. The molecular formula is C24H19BrClN5O2S. The normalized spacial score (nSPS) is 11.5. The summed E-state index contributed by atoms with van der Waals surface area (Å²) in [6.07, 6.45) is 0.309. The fourth-order valence-corrected chi connectivity index (χ4v) is 4.24. The lowest BCUT2D eigenvalue weighted by atomic mass is 10.1. The highest BCUT2D eigenvalue weighted by Gasteiger charge is 2.23. The molecule has 1 aromatic heterocycles. The van der Waals surface area contributed by atoms with Crippen LogP contribution in [0.4, 0.5) is 15.6 Å². The number of carbonyl (C=O) groups excluding carboxylic acids is 2. The van der Waals surface area contributed by atoms with Gasteiger partial charge in [-0.15, -0.1) is 10.2 Å². The average molecular weight is 557 g/mol. The van der Waals surface area contributed by atoms with Crippen molar-refractivity contribution in [2.45, 2.75) is 12.5 Å². The van der Waals surface area contributed by atoms with E-state index in [0.717, 1.165) is 15.6 Å². The third kappa shape index (κ3) is 6.63. The maximum atomic E-state index is 13.1. The minimum absolute atomic E-state index is 0.309. The van der Waals surface area contributed by atoms with E-state index in [0.29, 0.717) is 27.3 Å². The van der Waals surface area contributed by atoms with E-state index in [1.54, 1.807) is 24.3 Å². The molecule has 0 bridgehead atoms. The van der Waals surface area contributed by atoms with Crippen molar-refractivity contribution in [3.63, 3.8) is 0 Å². The predicted octanol–water partition coefficient (Wildman–Crippen LogP) is 5.99. The average Bonchev–Trinajstić information content (AvgIpc) is 3.29. The number of halogens is 2. The SMILES string of the molecule is O=C(Nc1ccc(Br)cc1)NC(Cc1ccccc1)C(=O)Nc1nnc(-c2ccc(Cl)cc2)s1. The fourth-order valence-electron chi connectivity index (χ4n) is 3.09. The molecule has 0 aliphatic rings. The molecule has 0 saturated heterocycles. The summed E-state index contributed by atoms with van der Waals surface area (Å²) in [4.78, 5) is 25.7. The number of rotatable bonds is 7. The van der Waals surface area contributed by atoms with E-state index in [1.807, 2.05) is 54.6 Å². The summed E-state index contributed by atoms with van der Waals surface area (Å²) in [5.74, 6) is -0.395. The number of hydrogen-bond donors (Lipinski definition) is 3. The first-order valence-corrected chi connectivity index (χ1v) is 12.2. The van der Waals surface area contributed by atoms with Crippen LogP contribution >= 0.6 is 38.9 Å². The van der Waals surface area contributed by atoms with Gasteiger partial charge in [0, 0.05) is 27.2 Å². The maximum Gasteiger partial charge on any atom is 0.319 e. The third-order valence-electron chi connectivity index (χ3n) is 4.75. The highest BCUT2D eigenvalue weighted by Crippen LogP contribution is 2.27. The molecule has 3 N–H and O–H groups in total. The van der Waals surface area contributed by atoms with Crippen molar-refractivity contribution in [2.24, 2.45) is 0 Å². The molecule has 0 saturated carbocycles. The van der Waals surface area contributed by atoms with Gasteiger partial charge in [0.15, 0.2) is 0 Å². The van der Waals surface area contributed by atoms with Gasteiger partial charge in [0.1, 0.15) is 11.0 Å². The Kier molecular flexibility index (Phi) is 7.89. The molecular weight excluding hydrogens is 538 g/mol. The number of benzene rings is 3. The van der Waals surface area contributed by atoms with E-state index in [4.69, 9.17) is 11.6 Å². The van der Waals surface area contributed by atoms with Crippen molar-refractivity contribution >= 4 is 61.6 Å². The largest absolute Gasteiger partial charge is 0.326 e. The summed E-state index contributed by atoms with van der Waals surface area (Å²) >= 11 is 10.5. The first kappa shape index (κ1) is 23.9. The number of nitrogens with one attached hydrogen (secondary N) is 3. The number of carbonyl (C=O) groups is 2. The van der Waals surface area contributed by atoms with Crippen LogP contribution in [0.25, 0.3) is 10.6 Å². The standard InChI is InChI=1S/C24H19BrClN5O2S/c25-17-8-12-19(13-9-17)27-23(33)28-20(14-15-4-2-1-3-5-15)21(32)29-24-31-30-22(34-24)16-6-10-18(26)11-7-16/h1-13,20H,14H2,(H2,27,28,33)(H,29,31,32). The van der Waals surface area contributed by atoms with Crippen LogP contribution in [0.1, 0.15) is 5.56 Å². The molecule has 1 unspecified atom stereocenters. The van der Waals surface area contributed by atoms with Crippen molar-refractivity contribution in [3.05, 3.63) is 93.9 Å². The Bertz CT molecular complexity index is 1270. The second-order valence-electron chi connectivity index (χ2n) is 7.26. The molecule has 1 atom stereocenters. The van der Waals surface area contributed by atoms with Crippen molar-refractivity contribution < 1.29 is 9.59 Å². The van der Waals surface area contributed by atoms with Crippen LogP contribution in [0.15, 0.2) is 83.3 Å². The third-order valence-corrected chi connectivity index (χ3v) is 6.42. The minimum Gasteiger partial charge on any atom is -0.326 e. The van der Waals surface area contributed by atoms with Crippen molar-refractivity contribution in [1.29, 1.82) is 0 Å². The van der Waals surface area contributed by atoms with Crippen LogP contribution < -0.4 is 16.0 Å². The molecule has 3 amide bonds. The smallest absolute Gasteiger partial charge is 0.319 e. The second-order valence-corrected chi connectivity index (χ2v) is 9.59. The highest BCUT2D eigenvalue weighted by atomic mass is 79.9. The van der Waals surface area contributed by atoms with Gasteiger partial charge in [-0.2, -0.15) is 0 Å². The van der Waals surface area contributed by atoms with E-state index in [2.05, 4.69) is 42.1 Å². The Hall–Kier alpha value is -3.27. The van der Waals surface area contributed by atoms with Gasteiger partial charge in [-0.1, -0.05) is 81.3 Å². The first-order valence-electron chi connectivity index (χ1n) is 10.2. The van der Waals surface area contributed by atoms with Gasteiger partial charge in [-0.3, -0.25) is 10.1 Å². The van der Waals surface area contributed by atoms with E-state index in [9.17, 15) is 9.59 Å². The predicted molar refractivity (Wildman–Crippen MR) is 139 cm³/mol.